The Bertz CT molecular complexity index is 653. The van der Waals surface area contributed by atoms with Gasteiger partial charge in [0.05, 0.1) is 5.69 Å². The van der Waals surface area contributed by atoms with Gasteiger partial charge in [0.2, 0.25) is 0 Å². The number of aryl methyl sites for hydroxylation is 1. The summed E-state index contributed by atoms with van der Waals surface area (Å²) in [6.45, 7) is 4.82. The topological polar surface area (TPSA) is 61.9 Å². The van der Waals surface area contributed by atoms with E-state index in [1.807, 2.05) is 19.3 Å². The van der Waals surface area contributed by atoms with Gasteiger partial charge in [0.15, 0.2) is 0 Å². The molecule has 0 aliphatic carbocycles. The van der Waals surface area contributed by atoms with Crippen LogP contribution in [0.3, 0.4) is 0 Å². The highest BCUT2D eigenvalue weighted by atomic mass is 16.1. The molecule has 1 fully saturated rings. The second-order valence-electron chi connectivity index (χ2n) is 5.69. The van der Waals surface area contributed by atoms with Crippen molar-refractivity contribution in [3.05, 3.63) is 58.0 Å². The summed E-state index contributed by atoms with van der Waals surface area (Å²) in [5, 5.41) is 0. The van der Waals surface area contributed by atoms with Crippen molar-refractivity contribution in [2.45, 2.75) is 32.2 Å². The lowest BCUT2D eigenvalue weighted by atomic mass is 9.94. The highest BCUT2D eigenvalue weighted by molar-refractivity contribution is 5.12. The molecule has 0 aromatic carbocycles. The van der Waals surface area contributed by atoms with Crippen molar-refractivity contribution < 1.29 is 0 Å². The third-order valence-electron chi connectivity index (χ3n) is 3.96. The van der Waals surface area contributed by atoms with Crippen molar-refractivity contribution in [2.24, 2.45) is 0 Å². The number of H-pyrrole nitrogens is 1. The third kappa shape index (κ3) is 3.55. The second-order valence-corrected chi connectivity index (χ2v) is 5.69. The van der Waals surface area contributed by atoms with E-state index in [9.17, 15) is 4.79 Å². The molecule has 2 aromatic heterocycles. The Balaban J connectivity index is 1.72. The van der Waals surface area contributed by atoms with Gasteiger partial charge in [0, 0.05) is 37.5 Å². The lowest BCUT2D eigenvalue weighted by molar-refractivity contribution is 0.198. The second kappa shape index (κ2) is 6.18. The number of hydrogen-bond donors (Lipinski definition) is 1. The molecule has 1 saturated heterocycles. The largest absolute Gasteiger partial charge is 0.311 e. The number of piperidine rings is 1. The lowest BCUT2D eigenvalue weighted by Crippen LogP contribution is -2.34. The van der Waals surface area contributed by atoms with E-state index in [0.29, 0.717) is 11.7 Å². The minimum Gasteiger partial charge on any atom is -0.311 e. The zero-order chi connectivity index (χ0) is 14.7. The van der Waals surface area contributed by atoms with E-state index in [4.69, 9.17) is 0 Å². The molecule has 3 rings (SSSR count). The number of likely N-dealkylation sites (tertiary alicyclic amines) is 1. The van der Waals surface area contributed by atoms with Crippen molar-refractivity contribution in [1.82, 2.24) is 19.9 Å². The maximum atomic E-state index is 11.6. The first-order chi connectivity index (χ1) is 10.2. The molecule has 110 valence electrons. The first-order valence-corrected chi connectivity index (χ1v) is 7.40. The molecule has 1 N–H and O–H groups in total. The van der Waals surface area contributed by atoms with Gasteiger partial charge in [-0.1, -0.05) is 0 Å². The highest BCUT2D eigenvalue weighted by Crippen LogP contribution is 2.25. The summed E-state index contributed by atoms with van der Waals surface area (Å²) in [6, 6.07) is 5.76. The fraction of sp³-hybridized carbons (Fsp3) is 0.438. The summed E-state index contributed by atoms with van der Waals surface area (Å²) < 4.78 is 0. The Hall–Kier alpha value is -2.01. The van der Waals surface area contributed by atoms with Crippen LogP contribution in [0.1, 0.15) is 35.8 Å². The lowest BCUT2D eigenvalue weighted by Gasteiger charge is -2.32. The smallest absolute Gasteiger partial charge is 0.251 e. The van der Waals surface area contributed by atoms with Crippen LogP contribution < -0.4 is 5.56 Å². The maximum Gasteiger partial charge on any atom is 0.251 e. The van der Waals surface area contributed by atoms with Gasteiger partial charge in [-0.15, -0.1) is 0 Å². The van der Waals surface area contributed by atoms with E-state index in [2.05, 4.69) is 32.0 Å². The first kappa shape index (κ1) is 13.9. The number of nitrogens with zero attached hydrogens (tertiary/aromatic N) is 3. The Morgan fingerprint density at radius 1 is 1.38 bits per heavy atom. The maximum absolute atomic E-state index is 11.6. The van der Waals surface area contributed by atoms with Gasteiger partial charge < -0.3 is 4.98 Å². The zero-order valence-electron chi connectivity index (χ0n) is 12.2. The summed E-state index contributed by atoms with van der Waals surface area (Å²) in [5.74, 6) is 1.05. The summed E-state index contributed by atoms with van der Waals surface area (Å²) in [6.07, 6.45) is 5.91. The van der Waals surface area contributed by atoms with Crippen LogP contribution in [0, 0.1) is 6.92 Å². The van der Waals surface area contributed by atoms with Crippen molar-refractivity contribution in [2.75, 3.05) is 13.1 Å². The molecule has 5 nitrogen and oxygen atoms in total. The van der Waals surface area contributed by atoms with Crippen LogP contribution in [0.15, 0.2) is 35.4 Å². The normalized spacial score (nSPS) is 19.6. The molecule has 1 aliphatic rings. The average molecular weight is 284 g/mol. The summed E-state index contributed by atoms with van der Waals surface area (Å²) >= 11 is 0. The van der Waals surface area contributed by atoms with E-state index in [0.717, 1.165) is 38.2 Å². The molecule has 0 spiro atoms. The van der Waals surface area contributed by atoms with Gasteiger partial charge in [0.1, 0.15) is 5.82 Å². The molecule has 5 heteroatoms. The van der Waals surface area contributed by atoms with Gasteiger partial charge in [-0.05, 0) is 44.0 Å². The number of pyridine rings is 1. The summed E-state index contributed by atoms with van der Waals surface area (Å²) in [4.78, 5) is 25.3. The zero-order valence-corrected chi connectivity index (χ0v) is 12.2. The number of aromatic amines is 1. The van der Waals surface area contributed by atoms with Gasteiger partial charge >= 0.3 is 0 Å². The van der Waals surface area contributed by atoms with E-state index in [-0.39, 0.29) is 5.56 Å². The van der Waals surface area contributed by atoms with Crippen LogP contribution in [0.5, 0.6) is 0 Å². The first-order valence-electron chi connectivity index (χ1n) is 7.40. The predicted molar refractivity (Wildman–Crippen MR) is 81.1 cm³/mol. The van der Waals surface area contributed by atoms with Crippen LogP contribution >= 0.6 is 0 Å². The van der Waals surface area contributed by atoms with E-state index >= 15 is 0 Å². The fourth-order valence-electron chi connectivity index (χ4n) is 3.00. The third-order valence-corrected chi connectivity index (χ3v) is 3.96. The van der Waals surface area contributed by atoms with Crippen LogP contribution in [-0.2, 0) is 6.54 Å². The average Bonchev–Trinajstić information content (AvgIpc) is 2.47. The summed E-state index contributed by atoms with van der Waals surface area (Å²) in [7, 11) is 0. The SMILES string of the molecule is Cc1nc([C@@H]2CCCN(Cc3ccncc3)C2)cc(=O)[nH]1. The molecule has 0 bridgehead atoms. The van der Waals surface area contributed by atoms with E-state index in [1.54, 1.807) is 6.07 Å². The number of aromatic nitrogens is 3. The predicted octanol–water partition coefficient (Wildman–Crippen LogP) is 1.85. The molecular formula is C16H20N4O. The molecule has 0 amide bonds. The van der Waals surface area contributed by atoms with Gasteiger partial charge in [-0.3, -0.25) is 14.7 Å². The molecule has 0 radical (unpaired) electrons. The van der Waals surface area contributed by atoms with Crippen molar-refractivity contribution in [3.63, 3.8) is 0 Å². The molecule has 2 aromatic rings. The van der Waals surface area contributed by atoms with Gasteiger partial charge in [0.25, 0.3) is 5.56 Å². The molecule has 0 saturated carbocycles. The molecule has 0 unspecified atom stereocenters. The van der Waals surface area contributed by atoms with Gasteiger partial charge in [-0.25, -0.2) is 4.98 Å². The van der Waals surface area contributed by atoms with Crippen molar-refractivity contribution in [1.29, 1.82) is 0 Å². The van der Waals surface area contributed by atoms with E-state index in [1.165, 1.54) is 5.56 Å². The Labute approximate surface area is 124 Å². The van der Waals surface area contributed by atoms with E-state index < -0.39 is 0 Å². The minimum atomic E-state index is -0.0521. The molecule has 1 atom stereocenters. The Kier molecular flexibility index (Phi) is 4.10. The number of nitrogens with one attached hydrogen (secondary N) is 1. The molecular weight excluding hydrogens is 264 g/mol. The quantitative estimate of drug-likeness (QED) is 0.934. The number of rotatable bonds is 3. The molecule has 21 heavy (non-hydrogen) atoms. The molecule has 3 heterocycles. The molecule has 1 aliphatic heterocycles. The monoisotopic (exact) mass is 284 g/mol. The summed E-state index contributed by atoms with van der Waals surface area (Å²) in [5.41, 5.74) is 2.15. The van der Waals surface area contributed by atoms with Crippen molar-refractivity contribution >= 4 is 0 Å². The number of hydrogen-bond acceptors (Lipinski definition) is 4. The van der Waals surface area contributed by atoms with Crippen LogP contribution in [0.4, 0.5) is 0 Å². The Morgan fingerprint density at radius 3 is 2.95 bits per heavy atom. The van der Waals surface area contributed by atoms with Crippen LogP contribution in [0.2, 0.25) is 0 Å². The van der Waals surface area contributed by atoms with Crippen LogP contribution in [-0.4, -0.2) is 32.9 Å². The Morgan fingerprint density at radius 2 is 2.19 bits per heavy atom. The standard InChI is InChI=1S/C16H20N4O/c1-12-18-15(9-16(21)19-12)14-3-2-8-20(11-14)10-13-4-6-17-7-5-13/h4-7,9,14H,2-3,8,10-11H2,1H3,(H,18,19,21)/t14-/m1/s1. The highest BCUT2D eigenvalue weighted by Gasteiger charge is 2.22. The van der Waals surface area contributed by atoms with Crippen molar-refractivity contribution in [3.8, 4) is 0 Å². The minimum absolute atomic E-state index is 0.0521. The van der Waals surface area contributed by atoms with Crippen LogP contribution in [0.25, 0.3) is 0 Å². The fourth-order valence-corrected chi connectivity index (χ4v) is 3.00. The van der Waals surface area contributed by atoms with Gasteiger partial charge in [-0.2, -0.15) is 0 Å².